The van der Waals surface area contributed by atoms with Crippen molar-refractivity contribution < 1.29 is 64.6 Å². The maximum absolute atomic E-state index is 13.1. The van der Waals surface area contributed by atoms with Gasteiger partial charge in [-0.1, -0.05) is 6.07 Å². The summed E-state index contributed by atoms with van der Waals surface area (Å²) >= 11 is 0. The normalized spacial score (nSPS) is 10.1. The third-order valence-corrected chi connectivity index (χ3v) is 1.85. The van der Waals surface area contributed by atoms with Crippen LogP contribution in [0.25, 0.3) is 10.9 Å². The smallest absolute Gasteiger partial charge is 0.580 e. The van der Waals surface area contributed by atoms with Crippen molar-refractivity contribution in [3.8, 4) is 0 Å². The molecule has 15 heavy (non-hydrogen) atoms. The fourth-order valence-electron chi connectivity index (χ4n) is 1.19. The van der Waals surface area contributed by atoms with E-state index >= 15 is 0 Å². The molecule has 0 N–H and O–H groups in total. The van der Waals surface area contributed by atoms with Crippen LogP contribution in [0.4, 0.5) is 13.2 Å². The Morgan fingerprint density at radius 3 is 2.40 bits per heavy atom. The quantitative estimate of drug-likeness (QED) is 0.396. The molecule has 1 nitrogen and oxygen atoms in total. The molecule has 0 spiro atoms. The van der Waals surface area contributed by atoms with Crippen molar-refractivity contribution in [3.05, 3.63) is 35.8 Å². The zero-order chi connectivity index (χ0) is 10.3. The van der Waals surface area contributed by atoms with Crippen LogP contribution in [0.3, 0.4) is 0 Å². The van der Waals surface area contributed by atoms with E-state index < -0.39 is 17.6 Å². The van der Waals surface area contributed by atoms with Crippen LogP contribution in [0.2, 0.25) is 0 Å². The van der Waals surface area contributed by atoms with Crippen molar-refractivity contribution in [2.75, 3.05) is 0 Å². The number of hydrogen-bond acceptors (Lipinski definition) is 1. The Balaban J connectivity index is 0.00000112. The molecule has 0 saturated carbocycles. The third kappa shape index (κ3) is 2.45. The molecule has 1 heterocycles. The van der Waals surface area contributed by atoms with Gasteiger partial charge in [-0.25, -0.2) is 9.37 Å². The van der Waals surface area contributed by atoms with Gasteiger partial charge in [0, 0.05) is 5.39 Å². The standard InChI is InChI=1S/C9H3BF3N.K/c10-4-1-2-6-5(3-4)7(11)8(12)9(13)14-6;/h1-3H;/q-1;+1. The molecule has 6 heteroatoms. The van der Waals surface area contributed by atoms with E-state index in [-0.39, 0.29) is 67.8 Å². The van der Waals surface area contributed by atoms with Gasteiger partial charge < -0.3 is 13.3 Å². The topological polar surface area (TPSA) is 12.9 Å². The summed E-state index contributed by atoms with van der Waals surface area (Å²) in [5.74, 6) is -4.29. The molecule has 0 unspecified atom stereocenters. The summed E-state index contributed by atoms with van der Waals surface area (Å²) in [5, 5.41) is -0.121. The van der Waals surface area contributed by atoms with Crippen LogP contribution < -0.4 is 56.8 Å². The SMILES string of the molecule is [B-]c1ccc2nc(F)c(F)c(F)c2c1.[K+]. The van der Waals surface area contributed by atoms with Crippen molar-refractivity contribution in [2.45, 2.75) is 0 Å². The van der Waals surface area contributed by atoms with Crippen LogP contribution in [-0.2, 0) is 0 Å². The fraction of sp³-hybridized carbons (Fsp3) is 0. The van der Waals surface area contributed by atoms with Crippen molar-refractivity contribution in [1.29, 1.82) is 0 Å². The number of aromatic nitrogens is 1. The molecule has 0 aliphatic carbocycles. The summed E-state index contributed by atoms with van der Waals surface area (Å²) in [7, 11) is 5.37. The molecule has 1 aromatic heterocycles. The predicted octanol–water partition coefficient (Wildman–Crippen LogP) is -1.55. The first kappa shape index (κ1) is 13.2. The Morgan fingerprint density at radius 2 is 1.73 bits per heavy atom. The number of halogens is 3. The van der Waals surface area contributed by atoms with E-state index in [1.54, 1.807) is 0 Å². The molecule has 2 aromatic rings. The van der Waals surface area contributed by atoms with E-state index in [4.69, 9.17) is 7.85 Å². The van der Waals surface area contributed by atoms with Crippen LogP contribution in [0.5, 0.6) is 0 Å². The number of pyridine rings is 1. The molecule has 0 atom stereocenters. The number of nitrogens with zero attached hydrogens (tertiary/aromatic N) is 1. The molecule has 0 saturated heterocycles. The Morgan fingerprint density at radius 1 is 1.07 bits per heavy atom. The third-order valence-electron chi connectivity index (χ3n) is 1.85. The van der Waals surface area contributed by atoms with E-state index in [2.05, 4.69) is 4.98 Å². The molecule has 0 aliphatic rings. The second kappa shape index (κ2) is 4.97. The largest absolute Gasteiger partial charge is 1.00 e. The van der Waals surface area contributed by atoms with E-state index in [0.29, 0.717) is 0 Å². The minimum absolute atomic E-state index is 0. The summed E-state index contributed by atoms with van der Waals surface area (Å²) in [6.45, 7) is 0. The second-order valence-electron chi connectivity index (χ2n) is 2.81. The number of rotatable bonds is 0. The molecular weight excluding hydrogens is 229 g/mol. The van der Waals surface area contributed by atoms with Gasteiger partial charge >= 0.3 is 51.4 Å². The van der Waals surface area contributed by atoms with E-state index in [1.165, 1.54) is 18.2 Å². The molecular formula is C9H3BF3KN. The maximum atomic E-state index is 13.1. The average Bonchev–Trinajstić information content (AvgIpc) is 2.16. The summed E-state index contributed by atoms with van der Waals surface area (Å²) < 4.78 is 38.5. The first-order valence-corrected chi connectivity index (χ1v) is 3.79. The Kier molecular flexibility index (Phi) is 4.37. The molecule has 0 amide bonds. The predicted molar refractivity (Wildman–Crippen MR) is 47.0 cm³/mol. The Hall–Kier alpha value is 0.121. The second-order valence-corrected chi connectivity index (χ2v) is 2.81. The molecule has 3 radical (unpaired) electrons. The Bertz CT molecular complexity index is 518. The molecule has 0 bridgehead atoms. The van der Waals surface area contributed by atoms with Gasteiger partial charge in [-0.05, 0) is 6.07 Å². The summed E-state index contributed by atoms with van der Waals surface area (Å²) in [6.07, 6.45) is 0. The zero-order valence-corrected chi connectivity index (χ0v) is 11.0. The molecule has 1 aromatic carbocycles. The van der Waals surface area contributed by atoms with E-state index in [9.17, 15) is 13.2 Å². The minimum Gasteiger partial charge on any atom is -0.580 e. The van der Waals surface area contributed by atoms with Crippen molar-refractivity contribution in [3.63, 3.8) is 0 Å². The van der Waals surface area contributed by atoms with Gasteiger partial charge in [0.1, 0.15) is 0 Å². The van der Waals surface area contributed by atoms with Gasteiger partial charge in [-0.2, -0.15) is 8.78 Å². The first-order valence-electron chi connectivity index (χ1n) is 3.79. The average molecular weight is 232 g/mol. The molecule has 2 rings (SSSR count). The molecule has 0 aliphatic heterocycles. The van der Waals surface area contributed by atoms with E-state index in [1.807, 2.05) is 0 Å². The fourth-order valence-corrected chi connectivity index (χ4v) is 1.19. The van der Waals surface area contributed by atoms with Gasteiger partial charge in [0.25, 0.3) is 5.95 Å². The molecule has 69 valence electrons. The van der Waals surface area contributed by atoms with Gasteiger partial charge in [-0.3, -0.25) is 0 Å². The van der Waals surface area contributed by atoms with Gasteiger partial charge in [-0.15, -0.1) is 6.07 Å². The van der Waals surface area contributed by atoms with E-state index in [0.717, 1.165) is 0 Å². The minimum atomic E-state index is -1.58. The Labute approximate surface area is 128 Å². The van der Waals surface area contributed by atoms with Gasteiger partial charge in [0.2, 0.25) is 5.82 Å². The van der Waals surface area contributed by atoms with Crippen LogP contribution in [0.1, 0.15) is 0 Å². The maximum Gasteiger partial charge on any atom is 1.00 e. The van der Waals surface area contributed by atoms with Crippen molar-refractivity contribution >= 4 is 24.2 Å². The first-order chi connectivity index (χ1) is 6.59. The zero-order valence-electron chi connectivity index (χ0n) is 7.89. The number of benzene rings is 1. The van der Waals surface area contributed by atoms with Crippen molar-refractivity contribution in [1.82, 2.24) is 4.98 Å². The summed E-state index contributed by atoms with van der Waals surface area (Å²) in [4.78, 5) is 3.24. The van der Waals surface area contributed by atoms with Crippen LogP contribution in [0, 0.1) is 17.6 Å². The van der Waals surface area contributed by atoms with Crippen LogP contribution >= 0.6 is 0 Å². The van der Waals surface area contributed by atoms with Crippen molar-refractivity contribution in [2.24, 2.45) is 0 Å². The summed E-state index contributed by atoms with van der Waals surface area (Å²) in [6, 6.07) is 3.97. The van der Waals surface area contributed by atoms with Crippen LogP contribution in [-0.4, -0.2) is 12.8 Å². The summed E-state index contributed by atoms with van der Waals surface area (Å²) in [5.41, 5.74) is 0.305. The molecule has 0 fully saturated rings. The number of hydrogen-bond donors (Lipinski definition) is 0. The number of fused-ring (bicyclic) bond motifs is 1. The van der Waals surface area contributed by atoms with Gasteiger partial charge in [0.15, 0.2) is 5.82 Å². The van der Waals surface area contributed by atoms with Crippen LogP contribution in [0.15, 0.2) is 18.2 Å². The monoisotopic (exact) mass is 232 g/mol. The van der Waals surface area contributed by atoms with Gasteiger partial charge in [0.05, 0.1) is 5.52 Å².